The summed E-state index contributed by atoms with van der Waals surface area (Å²) in [6.45, 7) is 2.49. The molecule has 1 atom stereocenters. The number of fused-ring (bicyclic) bond motifs is 1. The van der Waals surface area contributed by atoms with E-state index in [1.54, 1.807) is 31.6 Å². The van der Waals surface area contributed by atoms with Crippen molar-refractivity contribution in [2.45, 2.75) is 12.3 Å². The first kappa shape index (κ1) is 17.3. The number of aromatic nitrogens is 2. The number of ether oxygens (including phenoxy) is 1. The van der Waals surface area contributed by atoms with Crippen LogP contribution in [0, 0.1) is 0 Å². The van der Waals surface area contributed by atoms with Crippen molar-refractivity contribution in [2.75, 3.05) is 43.5 Å². The van der Waals surface area contributed by atoms with Crippen LogP contribution in [-0.2, 0) is 9.59 Å². The molecule has 2 aromatic rings. The number of amides is 2. The molecule has 3 heterocycles. The van der Waals surface area contributed by atoms with Crippen molar-refractivity contribution in [2.24, 2.45) is 0 Å². The number of nitrogens with zero attached hydrogens (tertiary/aromatic N) is 4. The van der Waals surface area contributed by atoms with Crippen LogP contribution in [0.15, 0.2) is 36.7 Å². The third-order valence-corrected chi connectivity index (χ3v) is 5.03. The molecule has 0 unspecified atom stereocenters. The van der Waals surface area contributed by atoms with E-state index in [4.69, 9.17) is 4.74 Å². The monoisotopic (exact) mass is 367 g/mol. The lowest BCUT2D eigenvalue weighted by Crippen LogP contribution is -2.51. The quantitative estimate of drug-likeness (QED) is 0.879. The Morgan fingerprint density at radius 3 is 2.59 bits per heavy atom. The van der Waals surface area contributed by atoms with Gasteiger partial charge in [0.2, 0.25) is 17.8 Å². The Bertz CT molecular complexity index is 850. The van der Waals surface area contributed by atoms with Gasteiger partial charge in [0, 0.05) is 45.0 Å². The topological polar surface area (TPSA) is 87.7 Å². The molecule has 2 amide bonds. The molecule has 0 spiro atoms. The van der Waals surface area contributed by atoms with Crippen LogP contribution in [0.5, 0.6) is 5.75 Å². The van der Waals surface area contributed by atoms with E-state index in [0.29, 0.717) is 43.6 Å². The number of carbonyl (C=O) groups excluding carboxylic acids is 2. The van der Waals surface area contributed by atoms with E-state index in [-0.39, 0.29) is 18.2 Å². The fourth-order valence-electron chi connectivity index (χ4n) is 3.65. The normalized spacial score (nSPS) is 19.3. The summed E-state index contributed by atoms with van der Waals surface area (Å²) in [7, 11) is 1.55. The van der Waals surface area contributed by atoms with Gasteiger partial charge in [-0.2, -0.15) is 0 Å². The maximum Gasteiger partial charge on any atom is 0.230 e. The first-order valence-corrected chi connectivity index (χ1v) is 8.95. The van der Waals surface area contributed by atoms with E-state index >= 15 is 0 Å². The van der Waals surface area contributed by atoms with Crippen molar-refractivity contribution in [3.8, 4) is 5.75 Å². The summed E-state index contributed by atoms with van der Waals surface area (Å²) >= 11 is 0. The molecular formula is C19H21N5O3. The predicted molar refractivity (Wildman–Crippen MR) is 99.8 cm³/mol. The summed E-state index contributed by atoms with van der Waals surface area (Å²) in [6, 6.07) is 7.29. The number of anilines is 2. The molecule has 8 nitrogen and oxygen atoms in total. The zero-order valence-electron chi connectivity index (χ0n) is 15.1. The van der Waals surface area contributed by atoms with E-state index in [9.17, 15) is 9.59 Å². The largest absolute Gasteiger partial charge is 0.495 e. The van der Waals surface area contributed by atoms with Crippen LogP contribution in [0.4, 0.5) is 11.6 Å². The van der Waals surface area contributed by atoms with Gasteiger partial charge >= 0.3 is 0 Å². The van der Waals surface area contributed by atoms with E-state index < -0.39 is 5.92 Å². The second-order valence-corrected chi connectivity index (χ2v) is 6.59. The molecule has 140 valence electrons. The lowest BCUT2D eigenvalue weighted by molar-refractivity contribution is -0.135. The summed E-state index contributed by atoms with van der Waals surface area (Å²) in [5, 5.41) is 2.84. The Morgan fingerprint density at radius 2 is 1.89 bits per heavy atom. The van der Waals surface area contributed by atoms with Gasteiger partial charge in [0.05, 0.1) is 18.7 Å². The average molecular weight is 367 g/mol. The van der Waals surface area contributed by atoms with Gasteiger partial charge in [0.1, 0.15) is 5.75 Å². The van der Waals surface area contributed by atoms with Crippen LogP contribution < -0.4 is 15.0 Å². The molecule has 4 rings (SSSR count). The van der Waals surface area contributed by atoms with Crippen molar-refractivity contribution in [1.29, 1.82) is 0 Å². The van der Waals surface area contributed by atoms with Crippen molar-refractivity contribution >= 4 is 23.5 Å². The van der Waals surface area contributed by atoms with Crippen molar-refractivity contribution < 1.29 is 14.3 Å². The molecule has 2 aliphatic heterocycles. The lowest BCUT2D eigenvalue weighted by atomic mass is 9.88. The molecule has 1 aromatic heterocycles. The molecule has 8 heteroatoms. The minimum absolute atomic E-state index is 0.0204. The number of hydrogen-bond donors (Lipinski definition) is 1. The maximum absolute atomic E-state index is 13.2. The van der Waals surface area contributed by atoms with Gasteiger partial charge < -0.3 is 19.9 Å². The first-order chi connectivity index (χ1) is 13.2. The highest BCUT2D eigenvalue weighted by atomic mass is 16.5. The highest BCUT2D eigenvalue weighted by Crippen LogP contribution is 2.39. The van der Waals surface area contributed by atoms with E-state index in [2.05, 4.69) is 20.2 Å². The summed E-state index contributed by atoms with van der Waals surface area (Å²) in [5.41, 5.74) is 1.42. The Balaban J connectivity index is 1.50. The van der Waals surface area contributed by atoms with Crippen molar-refractivity contribution in [3.63, 3.8) is 0 Å². The minimum Gasteiger partial charge on any atom is -0.495 e. The van der Waals surface area contributed by atoms with Crippen LogP contribution in [0.1, 0.15) is 17.9 Å². The average Bonchev–Trinajstić information content (AvgIpc) is 2.73. The summed E-state index contributed by atoms with van der Waals surface area (Å²) in [4.78, 5) is 37.7. The highest BCUT2D eigenvalue weighted by molar-refractivity contribution is 6.02. The molecule has 0 radical (unpaired) electrons. The van der Waals surface area contributed by atoms with Crippen LogP contribution in [-0.4, -0.2) is 60.0 Å². The molecule has 1 fully saturated rings. The van der Waals surface area contributed by atoms with E-state index in [0.717, 1.165) is 5.56 Å². The number of rotatable bonds is 3. The lowest BCUT2D eigenvalue weighted by Gasteiger charge is -2.37. The molecule has 1 saturated heterocycles. The number of methoxy groups -OCH3 is 1. The van der Waals surface area contributed by atoms with Gasteiger partial charge in [-0.1, -0.05) is 12.1 Å². The van der Waals surface area contributed by atoms with Crippen LogP contribution in [0.2, 0.25) is 0 Å². The maximum atomic E-state index is 13.2. The Labute approximate surface area is 157 Å². The second-order valence-electron chi connectivity index (χ2n) is 6.59. The van der Waals surface area contributed by atoms with Gasteiger partial charge in [-0.15, -0.1) is 0 Å². The van der Waals surface area contributed by atoms with E-state index in [1.165, 1.54) is 0 Å². The van der Waals surface area contributed by atoms with Gasteiger partial charge in [-0.05, 0) is 17.7 Å². The molecule has 0 aliphatic carbocycles. The minimum atomic E-state index is -0.483. The molecule has 0 saturated carbocycles. The molecule has 27 heavy (non-hydrogen) atoms. The molecule has 1 N–H and O–H groups in total. The van der Waals surface area contributed by atoms with Crippen molar-refractivity contribution in [1.82, 2.24) is 14.9 Å². The number of piperazine rings is 1. The Morgan fingerprint density at radius 1 is 1.15 bits per heavy atom. The van der Waals surface area contributed by atoms with Crippen LogP contribution in [0.25, 0.3) is 0 Å². The van der Waals surface area contributed by atoms with E-state index in [1.807, 2.05) is 17.0 Å². The number of nitrogens with one attached hydrogen (secondary N) is 1. The number of hydrogen-bond acceptors (Lipinski definition) is 6. The summed E-state index contributed by atoms with van der Waals surface area (Å²) < 4.78 is 5.34. The van der Waals surface area contributed by atoms with Gasteiger partial charge in [-0.3, -0.25) is 9.59 Å². The zero-order valence-corrected chi connectivity index (χ0v) is 15.1. The molecular weight excluding hydrogens is 346 g/mol. The van der Waals surface area contributed by atoms with Crippen LogP contribution in [0.3, 0.4) is 0 Å². The fourth-order valence-corrected chi connectivity index (χ4v) is 3.65. The van der Waals surface area contributed by atoms with Crippen molar-refractivity contribution in [3.05, 3.63) is 42.2 Å². The Kier molecular flexibility index (Phi) is 4.62. The Hall–Kier alpha value is -3.16. The molecule has 1 aromatic carbocycles. The third-order valence-electron chi connectivity index (χ3n) is 5.03. The standard InChI is InChI=1S/C19H21N5O3/c1-27-15-5-2-4-13-14(12-16(25)22-17(13)15)18(26)23-8-10-24(11-9-23)19-20-6-3-7-21-19/h2-7,14H,8-12H2,1H3,(H,22,25)/t14-/m0/s1. The molecule has 0 bridgehead atoms. The first-order valence-electron chi connectivity index (χ1n) is 8.95. The van der Waals surface area contributed by atoms with Gasteiger partial charge in [0.25, 0.3) is 0 Å². The van der Waals surface area contributed by atoms with Gasteiger partial charge in [0.15, 0.2) is 0 Å². The predicted octanol–water partition coefficient (Wildman–Crippen LogP) is 1.26. The zero-order chi connectivity index (χ0) is 18.8. The number of benzene rings is 1. The van der Waals surface area contributed by atoms with Crippen LogP contribution >= 0.6 is 0 Å². The highest BCUT2D eigenvalue weighted by Gasteiger charge is 2.36. The third kappa shape index (κ3) is 3.30. The SMILES string of the molecule is COc1cccc2c1NC(=O)C[C@@H]2C(=O)N1CCN(c2ncccn2)CC1. The summed E-state index contributed by atoms with van der Waals surface area (Å²) in [6.07, 6.45) is 3.58. The smallest absolute Gasteiger partial charge is 0.230 e. The second kappa shape index (κ2) is 7.22. The molecule has 2 aliphatic rings. The summed E-state index contributed by atoms with van der Waals surface area (Å²) in [5.74, 6) is 0.583. The van der Waals surface area contributed by atoms with Gasteiger partial charge in [-0.25, -0.2) is 9.97 Å². The fraction of sp³-hybridized carbons (Fsp3) is 0.368. The number of para-hydroxylation sites is 1. The number of carbonyl (C=O) groups is 2.